The minimum atomic E-state index is 0.120. The Morgan fingerprint density at radius 2 is 2.00 bits per heavy atom. The molecule has 0 radical (unpaired) electrons. The summed E-state index contributed by atoms with van der Waals surface area (Å²) in [6.45, 7) is 5.98. The van der Waals surface area contributed by atoms with Crippen LogP contribution in [0.5, 0.6) is 0 Å². The molecule has 0 saturated heterocycles. The van der Waals surface area contributed by atoms with Gasteiger partial charge in [-0.1, -0.05) is 11.3 Å². The van der Waals surface area contributed by atoms with Gasteiger partial charge in [-0.3, -0.25) is 9.81 Å². The number of aromatic nitrogens is 2. The first-order valence-corrected chi connectivity index (χ1v) is 5.13. The molecular weight excluding hydrogens is 196 g/mol. The van der Waals surface area contributed by atoms with Crippen LogP contribution in [0.4, 0.5) is 0 Å². The van der Waals surface area contributed by atoms with E-state index in [4.69, 9.17) is 11.1 Å². The second-order valence-electron chi connectivity index (χ2n) is 3.33. The molecule has 0 aromatic carbocycles. The zero-order valence-corrected chi connectivity index (χ0v) is 9.20. The number of amidine groups is 1. The average molecular weight is 208 g/mol. The summed E-state index contributed by atoms with van der Waals surface area (Å²) in [5, 5.41) is 7.42. The number of hydrogen-bond acceptors (Lipinski definition) is 3. The van der Waals surface area contributed by atoms with Crippen molar-refractivity contribution in [2.24, 2.45) is 5.73 Å². The highest BCUT2D eigenvalue weighted by Gasteiger charge is 2.14. The Hall–Kier alpha value is -1.36. The normalized spacial score (nSPS) is 11.1. The molecule has 2 aromatic rings. The van der Waals surface area contributed by atoms with Crippen LogP contribution in [-0.2, 0) is 0 Å². The van der Waals surface area contributed by atoms with Crippen LogP contribution in [0.25, 0.3) is 4.96 Å². The van der Waals surface area contributed by atoms with Gasteiger partial charge in [0, 0.05) is 11.4 Å². The minimum Gasteiger partial charge on any atom is -0.383 e. The van der Waals surface area contributed by atoms with Crippen LogP contribution in [-0.4, -0.2) is 15.2 Å². The van der Waals surface area contributed by atoms with E-state index >= 15 is 0 Å². The van der Waals surface area contributed by atoms with Gasteiger partial charge in [-0.15, -0.1) is 0 Å². The molecule has 2 heterocycles. The van der Waals surface area contributed by atoms with Crippen LogP contribution in [0.1, 0.15) is 22.0 Å². The van der Waals surface area contributed by atoms with Crippen molar-refractivity contribution in [2.45, 2.75) is 20.8 Å². The maximum atomic E-state index is 7.42. The molecule has 5 heteroatoms. The van der Waals surface area contributed by atoms with Gasteiger partial charge in [0.05, 0.1) is 10.6 Å². The van der Waals surface area contributed by atoms with Crippen molar-refractivity contribution in [1.29, 1.82) is 5.41 Å². The standard InChI is InChI=1S/C9H12N4S/c1-4-5(2)13-6(3)7(8(10)11)14-9(13)12-4/h1-3H3,(H3,10,11). The van der Waals surface area contributed by atoms with E-state index in [1.807, 2.05) is 20.8 Å². The van der Waals surface area contributed by atoms with Gasteiger partial charge >= 0.3 is 0 Å². The van der Waals surface area contributed by atoms with Crippen molar-refractivity contribution in [3.63, 3.8) is 0 Å². The fourth-order valence-corrected chi connectivity index (χ4v) is 2.64. The van der Waals surface area contributed by atoms with E-state index in [1.165, 1.54) is 11.3 Å². The summed E-state index contributed by atoms with van der Waals surface area (Å²) in [5.74, 6) is 0.120. The van der Waals surface area contributed by atoms with E-state index in [1.54, 1.807) is 0 Å². The van der Waals surface area contributed by atoms with Crippen molar-refractivity contribution < 1.29 is 0 Å². The fourth-order valence-electron chi connectivity index (χ4n) is 1.56. The molecule has 4 nitrogen and oxygen atoms in total. The molecule has 0 aliphatic carbocycles. The lowest BCUT2D eigenvalue weighted by Gasteiger charge is -1.97. The van der Waals surface area contributed by atoms with Crippen LogP contribution in [0.2, 0.25) is 0 Å². The van der Waals surface area contributed by atoms with E-state index in [0.29, 0.717) is 0 Å². The van der Waals surface area contributed by atoms with E-state index in [2.05, 4.69) is 9.38 Å². The van der Waals surface area contributed by atoms with Crippen LogP contribution < -0.4 is 5.73 Å². The Bertz CT molecular complexity index is 520. The van der Waals surface area contributed by atoms with Gasteiger partial charge in [0.2, 0.25) is 0 Å². The summed E-state index contributed by atoms with van der Waals surface area (Å²) in [5.41, 5.74) is 8.65. The van der Waals surface area contributed by atoms with Crippen LogP contribution in [0, 0.1) is 26.2 Å². The van der Waals surface area contributed by atoms with E-state index in [0.717, 1.165) is 26.9 Å². The summed E-state index contributed by atoms with van der Waals surface area (Å²) < 4.78 is 2.05. The maximum Gasteiger partial charge on any atom is 0.195 e. The van der Waals surface area contributed by atoms with Crippen molar-refractivity contribution in [3.8, 4) is 0 Å². The second kappa shape index (κ2) is 2.81. The maximum absolute atomic E-state index is 7.42. The van der Waals surface area contributed by atoms with E-state index < -0.39 is 0 Å². The van der Waals surface area contributed by atoms with Gasteiger partial charge in [-0.25, -0.2) is 4.98 Å². The van der Waals surface area contributed by atoms with Crippen LogP contribution in [0.15, 0.2) is 0 Å². The number of nitrogens with two attached hydrogens (primary N) is 1. The summed E-state index contributed by atoms with van der Waals surface area (Å²) in [7, 11) is 0. The first-order valence-electron chi connectivity index (χ1n) is 4.31. The third kappa shape index (κ3) is 1.05. The van der Waals surface area contributed by atoms with Gasteiger partial charge in [0.15, 0.2) is 4.96 Å². The number of nitrogens with one attached hydrogen (secondary N) is 1. The topological polar surface area (TPSA) is 67.2 Å². The number of aryl methyl sites for hydroxylation is 3. The molecule has 0 unspecified atom stereocenters. The molecule has 0 amide bonds. The van der Waals surface area contributed by atoms with Crippen molar-refractivity contribution in [1.82, 2.24) is 9.38 Å². The summed E-state index contributed by atoms with van der Waals surface area (Å²) in [4.78, 5) is 6.14. The molecule has 74 valence electrons. The molecule has 0 saturated carbocycles. The van der Waals surface area contributed by atoms with Crippen molar-refractivity contribution in [3.05, 3.63) is 22.0 Å². The molecule has 0 bridgehead atoms. The number of nitrogens with zero attached hydrogens (tertiary/aromatic N) is 2. The number of rotatable bonds is 1. The number of thiazole rings is 1. The molecule has 2 rings (SSSR count). The molecule has 14 heavy (non-hydrogen) atoms. The van der Waals surface area contributed by atoms with Gasteiger partial charge in [0.25, 0.3) is 0 Å². The third-order valence-electron chi connectivity index (χ3n) is 2.42. The predicted octanol–water partition coefficient (Wildman–Crippen LogP) is 1.61. The Kier molecular flexibility index (Phi) is 1.85. The first-order chi connectivity index (χ1) is 6.52. The summed E-state index contributed by atoms with van der Waals surface area (Å²) in [6, 6.07) is 0. The number of nitrogen functional groups attached to an aromatic ring is 1. The van der Waals surface area contributed by atoms with Crippen molar-refractivity contribution in [2.75, 3.05) is 0 Å². The summed E-state index contributed by atoms with van der Waals surface area (Å²) in [6.07, 6.45) is 0. The lowest BCUT2D eigenvalue weighted by Crippen LogP contribution is -2.11. The van der Waals surface area contributed by atoms with E-state index in [-0.39, 0.29) is 5.84 Å². The molecule has 3 N–H and O–H groups in total. The number of hydrogen-bond donors (Lipinski definition) is 2. The molecular formula is C9H12N4S. The zero-order chi connectivity index (χ0) is 10.5. The minimum absolute atomic E-state index is 0.120. The van der Waals surface area contributed by atoms with E-state index in [9.17, 15) is 0 Å². The van der Waals surface area contributed by atoms with Gasteiger partial charge < -0.3 is 5.73 Å². The highest BCUT2D eigenvalue weighted by molar-refractivity contribution is 7.19. The Morgan fingerprint density at radius 1 is 1.36 bits per heavy atom. The third-order valence-corrected chi connectivity index (χ3v) is 3.59. The molecule has 0 aliphatic heterocycles. The molecule has 0 fully saturated rings. The van der Waals surface area contributed by atoms with Gasteiger partial charge in [-0.05, 0) is 20.8 Å². The Morgan fingerprint density at radius 3 is 2.50 bits per heavy atom. The SMILES string of the molecule is Cc1nc2sc(C(=N)N)c(C)n2c1C. The largest absolute Gasteiger partial charge is 0.383 e. The van der Waals surface area contributed by atoms with Crippen LogP contribution >= 0.6 is 11.3 Å². The predicted molar refractivity (Wildman–Crippen MR) is 58.3 cm³/mol. The number of imidazole rings is 1. The monoisotopic (exact) mass is 208 g/mol. The quantitative estimate of drug-likeness (QED) is 0.552. The van der Waals surface area contributed by atoms with Crippen molar-refractivity contribution >= 4 is 22.1 Å². The second-order valence-corrected chi connectivity index (χ2v) is 4.31. The van der Waals surface area contributed by atoms with Crippen LogP contribution in [0.3, 0.4) is 0 Å². The fraction of sp³-hybridized carbons (Fsp3) is 0.333. The lowest BCUT2D eigenvalue weighted by molar-refractivity contribution is 1.05. The Balaban J connectivity index is 2.84. The highest BCUT2D eigenvalue weighted by atomic mass is 32.1. The Labute approximate surface area is 85.9 Å². The first kappa shape index (κ1) is 9.21. The molecule has 0 spiro atoms. The highest BCUT2D eigenvalue weighted by Crippen LogP contribution is 2.24. The van der Waals surface area contributed by atoms with Gasteiger partial charge in [0.1, 0.15) is 5.84 Å². The average Bonchev–Trinajstić information content (AvgIpc) is 2.54. The lowest BCUT2D eigenvalue weighted by atomic mass is 10.3. The molecule has 0 aliphatic rings. The smallest absolute Gasteiger partial charge is 0.195 e. The van der Waals surface area contributed by atoms with Gasteiger partial charge in [-0.2, -0.15) is 0 Å². The summed E-state index contributed by atoms with van der Waals surface area (Å²) >= 11 is 1.47. The number of fused-ring (bicyclic) bond motifs is 1. The molecule has 2 aromatic heterocycles. The zero-order valence-electron chi connectivity index (χ0n) is 8.38. The molecule has 0 atom stereocenters.